The van der Waals surface area contributed by atoms with Gasteiger partial charge in [-0.2, -0.15) is 0 Å². The molecule has 0 bridgehead atoms. The lowest BCUT2D eigenvalue weighted by Gasteiger charge is -2.39. The van der Waals surface area contributed by atoms with Crippen LogP contribution in [-0.2, 0) is 9.53 Å². The molecule has 1 amide bonds. The number of hydrogen-bond donors (Lipinski definition) is 8. The molecule has 1 aliphatic rings. The molecule has 212 valence electrons. The molecule has 0 saturated carbocycles. The minimum atomic E-state index is -1.64. The Morgan fingerprint density at radius 3 is 2.40 bits per heavy atom. The molecule has 1 fully saturated rings. The molecule has 6 unspecified atom stereocenters. The summed E-state index contributed by atoms with van der Waals surface area (Å²) in [6, 6.07) is 18.9. The van der Waals surface area contributed by atoms with Crippen LogP contribution in [0.4, 0.5) is 11.4 Å². The lowest BCUT2D eigenvalue weighted by molar-refractivity contribution is -0.277. The first-order valence-electron chi connectivity index (χ1n) is 12.4. The number of ether oxygens (including phenoxy) is 3. The zero-order valence-electron chi connectivity index (χ0n) is 21.6. The van der Waals surface area contributed by atoms with Crippen LogP contribution < -0.4 is 25.8 Å². The van der Waals surface area contributed by atoms with Crippen molar-refractivity contribution < 1.29 is 39.4 Å². The first-order chi connectivity index (χ1) is 19.2. The van der Waals surface area contributed by atoms with E-state index >= 15 is 0 Å². The highest BCUT2D eigenvalue weighted by Crippen LogP contribution is 2.33. The molecule has 0 spiro atoms. The molecule has 0 radical (unpaired) electrons. The average Bonchev–Trinajstić information content (AvgIpc) is 2.97. The number of carbonyl (C=O) groups is 1. The third-order valence-corrected chi connectivity index (χ3v) is 6.43. The van der Waals surface area contributed by atoms with Crippen molar-refractivity contribution in [1.29, 1.82) is 5.41 Å². The van der Waals surface area contributed by atoms with E-state index in [0.717, 1.165) is 0 Å². The average molecular weight is 553 g/mol. The maximum atomic E-state index is 13.7. The number of anilines is 2. The molecule has 0 aromatic heterocycles. The monoisotopic (exact) mass is 552 g/mol. The Kier molecular flexibility index (Phi) is 9.19. The summed E-state index contributed by atoms with van der Waals surface area (Å²) in [5.41, 5.74) is 7.44. The highest BCUT2D eigenvalue weighted by Gasteiger charge is 2.45. The van der Waals surface area contributed by atoms with E-state index in [1.54, 1.807) is 72.8 Å². The van der Waals surface area contributed by atoms with Gasteiger partial charge in [0.05, 0.1) is 13.7 Å². The normalized spacial score (nSPS) is 23.1. The zero-order valence-corrected chi connectivity index (χ0v) is 21.6. The van der Waals surface area contributed by atoms with Gasteiger partial charge < -0.3 is 51.0 Å². The lowest BCUT2D eigenvalue weighted by atomic mass is 9.99. The Labute approximate surface area is 230 Å². The van der Waals surface area contributed by atoms with Gasteiger partial charge in [-0.15, -0.1) is 0 Å². The minimum absolute atomic E-state index is 0.136. The minimum Gasteiger partial charge on any atom is -0.497 e. The summed E-state index contributed by atoms with van der Waals surface area (Å²) in [7, 11) is 1.54. The predicted molar refractivity (Wildman–Crippen MR) is 146 cm³/mol. The number of nitrogens with one attached hydrogen (secondary N) is 3. The number of amidine groups is 1. The van der Waals surface area contributed by atoms with E-state index in [1.165, 1.54) is 7.11 Å². The van der Waals surface area contributed by atoms with Crippen molar-refractivity contribution in [2.24, 2.45) is 5.73 Å². The number of rotatable bonds is 10. The molecular weight excluding hydrogens is 520 g/mol. The van der Waals surface area contributed by atoms with Gasteiger partial charge in [0.15, 0.2) is 0 Å². The van der Waals surface area contributed by atoms with Crippen molar-refractivity contribution in [3.05, 3.63) is 83.9 Å². The van der Waals surface area contributed by atoms with Crippen LogP contribution in [0.15, 0.2) is 72.8 Å². The Balaban J connectivity index is 1.68. The van der Waals surface area contributed by atoms with E-state index in [9.17, 15) is 25.2 Å². The third kappa shape index (κ3) is 6.50. The molecular formula is C28H32N4O8. The zero-order chi connectivity index (χ0) is 28.8. The van der Waals surface area contributed by atoms with Crippen LogP contribution in [0.2, 0.25) is 0 Å². The predicted octanol–water partition coefficient (Wildman–Crippen LogP) is 0.950. The van der Waals surface area contributed by atoms with E-state index in [1.807, 2.05) is 0 Å². The molecule has 3 aromatic carbocycles. The van der Waals surface area contributed by atoms with Gasteiger partial charge in [0, 0.05) is 22.5 Å². The summed E-state index contributed by atoms with van der Waals surface area (Å²) in [6.45, 7) is -0.618. The number of amides is 1. The van der Waals surface area contributed by atoms with E-state index < -0.39 is 49.3 Å². The molecule has 9 N–H and O–H groups in total. The molecule has 1 heterocycles. The maximum Gasteiger partial charge on any atom is 0.251 e. The topological polar surface area (TPSA) is 200 Å². The summed E-state index contributed by atoms with van der Waals surface area (Å²) < 4.78 is 16.6. The van der Waals surface area contributed by atoms with Crippen molar-refractivity contribution in [3.63, 3.8) is 0 Å². The third-order valence-electron chi connectivity index (χ3n) is 6.43. The summed E-state index contributed by atoms with van der Waals surface area (Å²) in [6.07, 6.45) is -7.45. The number of hydrogen-bond acceptors (Lipinski definition) is 10. The first kappa shape index (κ1) is 28.8. The van der Waals surface area contributed by atoms with Crippen LogP contribution >= 0.6 is 0 Å². The fraction of sp³-hybridized carbons (Fsp3) is 0.286. The number of aliphatic hydroxyl groups is 4. The van der Waals surface area contributed by atoms with Crippen molar-refractivity contribution in [1.82, 2.24) is 0 Å². The lowest BCUT2D eigenvalue weighted by Crippen LogP contribution is -2.60. The summed E-state index contributed by atoms with van der Waals surface area (Å²) in [5, 5.41) is 54.1. The molecule has 6 atom stereocenters. The fourth-order valence-corrected chi connectivity index (χ4v) is 4.23. The van der Waals surface area contributed by atoms with Crippen LogP contribution in [0.5, 0.6) is 11.5 Å². The highest BCUT2D eigenvalue weighted by atomic mass is 16.7. The molecule has 1 aliphatic heterocycles. The molecule has 12 nitrogen and oxygen atoms in total. The van der Waals surface area contributed by atoms with Crippen molar-refractivity contribution >= 4 is 23.1 Å². The molecule has 0 aliphatic carbocycles. The number of nitrogens with two attached hydrogens (primary N) is 1. The van der Waals surface area contributed by atoms with Gasteiger partial charge in [0.25, 0.3) is 5.91 Å². The smallest absolute Gasteiger partial charge is 0.251 e. The van der Waals surface area contributed by atoms with Crippen molar-refractivity contribution in [3.8, 4) is 11.5 Å². The largest absolute Gasteiger partial charge is 0.497 e. The van der Waals surface area contributed by atoms with Gasteiger partial charge in [-0.25, -0.2) is 0 Å². The Morgan fingerprint density at radius 1 is 1.00 bits per heavy atom. The summed E-state index contributed by atoms with van der Waals surface area (Å²) in [4.78, 5) is 13.7. The van der Waals surface area contributed by atoms with Gasteiger partial charge >= 0.3 is 0 Å². The molecule has 12 heteroatoms. The van der Waals surface area contributed by atoms with E-state index in [2.05, 4.69) is 10.6 Å². The Bertz CT molecular complexity index is 1320. The molecule has 40 heavy (non-hydrogen) atoms. The molecule has 3 aromatic rings. The second-order valence-corrected chi connectivity index (χ2v) is 9.14. The van der Waals surface area contributed by atoms with Crippen LogP contribution in [0.1, 0.15) is 17.2 Å². The van der Waals surface area contributed by atoms with Crippen LogP contribution in [0, 0.1) is 5.41 Å². The Hall–Kier alpha value is -4.20. The first-order valence-corrected chi connectivity index (χ1v) is 12.4. The number of benzene rings is 3. The fourth-order valence-electron chi connectivity index (χ4n) is 4.23. The quantitative estimate of drug-likeness (QED) is 0.132. The number of carbonyl (C=O) groups excluding carboxylic acids is 1. The number of aliphatic hydroxyl groups excluding tert-OH is 4. The summed E-state index contributed by atoms with van der Waals surface area (Å²) >= 11 is 0. The van der Waals surface area contributed by atoms with E-state index in [4.69, 9.17) is 25.4 Å². The van der Waals surface area contributed by atoms with Crippen LogP contribution in [0.25, 0.3) is 0 Å². The second-order valence-electron chi connectivity index (χ2n) is 9.14. The Morgan fingerprint density at radius 2 is 1.73 bits per heavy atom. The standard InChI is InChI=1S/C28H32N4O8/c1-38-18-11-9-16(10-12-18)32-27(37)22(31-17-6-4-5-15(13-17)26(29)30)19-7-2-3-8-20(19)39-28-25(36)24(35)23(34)21(14-33)40-28/h2-13,21-25,28,31,33-36H,14H2,1H3,(H3,29,30)(H,32,37). The van der Waals surface area contributed by atoms with Gasteiger partial charge in [0.1, 0.15) is 47.8 Å². The highest BCUT2D eigenvalue weighted by molar-refractivity contribution is 5.99. The van der Waals surface area contributed by atoms with Gasteiger partial charge in [-0.1, -0.05) is 30.3 Å². The van der Waals surface area contributed by atoms with Crippen molar-refractivity contribution in [2.45, 2.75) is 36.7 Å². The van der Waals surface area contributed by atoms with Crippen LogP contribution in [0.3, 0.4) is 0 Å². The van der Waals surface area contributed by atoms with Gasteiger partial charge in [-0.3, -0.25) is 10.2 Å². The summed E-state index contributed by atoms with van der Waals surface area (Å²) in [5.74, 6) is 0.140. The number of para-hydroxylation sites is 1. The van der Waals surface area contributed by atoms with Gasteiger partial charge in [-0.05, 0) is 42.5 Å². The van der Waals surface area contributed by atoms with Gasteiger partial charge in [0.2, 0.25) is 6.29 Å². The van der Waals surface area contributed by atoms with Crippen LogP contribution in [-0.4, -0.2) is 76.6 Å². The van der Waals surface area contributed by atoms with E-state index in [-0.39, 0.29) is 11.6 Å². The maximum absolute atomic E-state index is 13.7. The number of methoxy groups -OCH3 is 1. The molecule has 1 saturated heterocycles. The van der Waals surface area contributed by atoms with Crippen molar-refractivity contribution in [2.75, 3.05) is 24.4 Å². The number of nitrogen functional groups attached to an aromatic ring is 1. The van der Waals surface area contributed by atoms with E-state index in [0.29, 0.717) is 28.3 Å². The second kappa shape index (κ2) is 12.8. The SMILES string of the molecule is COc1ccc(NC(=O)C(Nc2cccc(C(=N)N)c2)c2ccccc2OC2OC(CO)C(O)C(O)C2O)cc1. The molecule has 4 rings (SSSR count).